The van der Waals surface area contributed by atoms with E-state index in [1.807, 2.05) is 29.2 Å². The maximum absolute atomic E-state index is 12.4. The van der Waals surface area contributed by atoms with Gasteiger partial charge in [-0.2, -0.15) is 0 Å². The second-order valence-electron chi connectivity index (χ2n) is 4.65. The number of benzene rings is 1. The molecule has 0 unspecified atom stereocenters. The van der Waals surface area contributed by atoms with Crippen LogP contribution in [0.1, 0.15) is 35.2 Å². The van der Waals surface area contributed by atoms with E-state index < -0.39 is 0 Å². The zero-order valence-electron chi connectivity index (χ0n) is 10.4. The largest absolute Gasteiger partial charge is 0.393 e. The molecule has 1 aromatic rings. The highest BCUT2D eigenvalue weighted by molar-refractivity contribution is 7.80. The van der Waals surface area contributed by atoms with Crippen molar-refractivity contribution in [2.24, 2.45) is 5.73 Å². The molecule has 1 fully saturated rings. The Labute approximate surface area is 113 Å². The number of amides is 1. The van der Waals surface area contributed by atoms with Gasteiger partial charge in [-0.25, -0.2) is 0 Å². The number of thiocarbonyl (C=S) groups is 1. The number of carbonyl (C=O) groups excluding carboxylic acids is 1. The Morgan fingerprint density at radius 2 is 1.89 bits per heavy atom. The number of nitrogens with two attached hydrogens (primary N) is 1. The van der Waals surface area contributed by atoms with E-state index in [4.69, 9.17) is 18.0 Å². The van der Waals surface area contributed by atoms with Crippen LogP contribution in [0.15, 0.2) is 24.3 Å². The smallest absolute Gasteiger partial charge is 0.254 e. The van der Waals surface area contributed by atoms with E-state index in [-0.39, 0.29) is 5.91 Å². The van der Waals surface area contributed by atoms with Crippen LogP contribution in [0.5, 0.6) is 0 Å². The van der Waals surface area contributed by atoms with Crippen molar-refractivity contribution in [3.63, 3.8) is 0 Å². The molecule has 2 N–H and O–H groups in total. The van der Waals surface area contributed by atoms with Gasteiger partial charge in [0.05, 0.1) is 4.99 Å². The summed E-state index contributed by atoms with van der Waals surface area (Å²) in [6.45, 7) is 1.72. The van der Waals surface area contributed by atoms with E-state index in [1.165, 1.54) is 6.42 Å². The normalized spacial score (nSPS) is 15.4. The molecule has 1 heterocycles. The molecule has 0 aromatic heterocycles. The van der Waals surface area contributed by atoms with Crippen LogP contribution in [-0.4, -0.2) is 28.9 Å². The lowest BCUT2D eigenvalue weighted by Crippen LogP contribution is -2.36. The van der Waals surface area contributed by atoms with Gasteiger partial charge in [0.25, 0.3) is 5.91 Å². The first-order valence-electron chi connectivity index (χ1n) is 6.34. The molecule has 0 aliphatic carbocycles. The fourth-order valence-corrected chi connectivity index (χ4v) is 2.49. The summed E-state index contributed by atoms with van der Waals surface area (Å²) >= 11 is 4.93. The molecule has 3 nitrogen and oxygen atoms in total. The molecule has 1 saturated heterocycles. The molecule has 1 aliphatic heterocycles. The molecule has 1 aliphatic rings. The number of likely N-dealkylation sites (tertiary alicyclic amines) is 1. The van der Waals surface area contributed by atoms with E-state index in [1.54, 1.807) is 0 Å². The van der Waals surface area contributed by atoms with Crippen molar-refractivity contribution in [1.29, 1.82) is 0 Å². The summed E-state index contributed by atoms with van der Waals surface area (Å²) in [7, 11) is 0. The first kappa shape index (κ1) is 13.0. The highest BCUT2D eigenvalue weighted by atomic mass is 32.1. The minimum atomic E-state index is 0.113. The van der Waals surface area contributed by atoms with E-state index in [0.29, 0.717) is 11.4 Å². The minimum absolute atomic E-state index is 0.113. The number of rotatable bonds is 3. The lowest BCUT2D eigenvalue weighted by atomic mass is 10.0. The van der Waals surface area contributed by atoms with Gasteiger partial charge >= 0.3 is 0 Å². The summed E-state index contributed by atoms with van der Waals surface area (Å²) in [5.41, 5.74) is 7.25. The van der Waals surface area contributed by atoms with Crippen LogP contribution in [0.3, 0.4) is 0 Å². The SMILES string of the molecule is NC(=S)Cc1ccccc1C(=O)N1CCCCC1. The van der Waals surface area contributed by atoms with Gasteiger partial charge < -0.3 is 10.6 Å². The molecule has 0 spiro atoms. The predicted molar refractivity (Wildman–Crippen MR) is 76.7 cm³/mol. The number of hydrogen-bond acceptors (Lipinski definition) is 2. The average molecular weight is 262 g/mol. The maximum atomic E-state index is 12.4. The summed E-state index contributed by atoms with van der Waals surface area (Å²) in [5.74, 6) is 0.113. The summed E-state index contributed by atoms with van der Waals surface area (Å²) in [6.07, 6.45) is 3.91. The third-order valence-corrected chi connectivity index (χ3v) is 3.40. The van der Waals surface area contributed by atoms with Crippen molar-refractivity contribution in [3.8, 4) is 0 Å². The van der Waals surface area contributed by atoms with Crippen molar-refractivity contribution in [1.82, 2.24) is 4.90 Å². The van der Waals surface area contributed by atoms with Gasteiger partial charge in [-0.1, -0.05) is 30.4 Å². The van der Waals surface area contributed by atoms with Crippen LogP contribution in [0, 0.1) is 0 Å². The summed E-state index contributed by atoms with van der Waals surface area (Å²) in [5, 5.41) is 0. The molecule has 2 rings (SSSR count). The summed E-state index contributed by atoms with van der Waals surface area (Å²) in [4.78, 5) is 14.8. The highest BCUT2D eigenvalue weighted by Gasteiger charge is 2.20. The fourth-order valence-electron chi connectivity index (χ4n) is 2.34. The molecule has 4 heteroatoms. The zero-order valence-corrected chi connectivity index (χ0v) is 11.2. The third-order valence-electron chi connectivity index (χ3n) is 3.26. The lowest BCUT2D eigenvalue weighted by Gasteiger charge is -2.27. The summed E-state index contributed by atoms with van der Waals surface area (Å²) < 4.78 is 0. The Morgan fingerprint density at radius 1 is 1.22 bits per heavy atom. The number of piperidine rings is 1. The van der Waals surface area contributed by atoms with Gasteiger partial charge in [0.15, 0.2) is 0 Å². The van der Waals surface area contributed by atoms with Crippen molar-refractivity contribution < 1.29 is 4.79 Å². The monoisotopic (exact) mass is 262 g/mol. The van der Waals surface area contributed by atoms with Crippen LogP contribution >= 0.6 is 12.2 Å². The van der Waals surface area contributed by atoms with Gasteiger partial charge in [0, 0.05) is 25.1 Å². The second-order valence-corrected chi connectivity index (χ2v) is 5.18. The van der Waals surface area contributed by atoms with Crippen molar-refractivity contribution in [2.45, 2.75) is 25.7 Å². The topological polar surface area (TPSA) is 46.3 Å². The first-order chi connectivity index (χ1) is 8.68. The van der Waals surface area contributed by atoms with Gasteiger partial charge in [0.1, 0.15) is 0 Å². The van der Waals surface area contributed by atoms with Gasteiger partial charge in [0.2, 0.25) is 0 Å². The number of hydrogen-bond donors (Lipinski definition) is 1. The van der Waals surface area contributed by atoms with Crippen molar-refractivity contribution in [3.05, 3.63) is 35.4 Å². The van der Waals surface area contributed by atoms with E-state index in [0.717, 1.165) is 37.1 Å². The van der Waals surface area contributed by atoms with Gasteiger partial charge in [-0.3, -0.25) is 4.79 Å². The number of nitrogens with zero attached hydrogens (tertiary/aromatic N) is 1. The maximum Gasteiger partial charge on any atom is 0.254 e. The lowest BCUT2D eigenvalue weighted by molar-refractivity contribution is 0.0723. The zero-order chi connectivity index (χ0) is 13.0. The van der Waals surface area contributed by atoms with Crippen molar-refractivity contribution >= 4 is 23.1 Å². The van der Waals surface area contributed by atoms with Crippen LogP contribution in [-0.2, 0) is 6.42 Å². The van der Waals surface area contributed by atoms with Crippen molar-refractivity contribution in [2.75, 3.05) is 13.1 Å². The van der Waals surface area contributed by atoms with Crippen LogP contribution in [0.25, 0.3) is 0 Å². The molecular formula is C14H18N2OS. The van der Waals surface area contributed by atoms with E-state index in [9.17, 15) is 4.79 Å². The highest BCUT2D eigenvalue weighted by Crippen LogP contribution is 2.16. The van der Waals surface area contributed by atoms with Crippen LogP contribution in [0.4, 0.5) is 0 Å². The fraction of sp³-hybridized carbons (Fsp3) is 0.429. The van der Waals surface area contributed by atoms with E-state index >= 15 is 0 Å². The minimum Gasteiger partial charge on any atom is -0.393 e. The Kier molecular flexibility index (Phi) is 4.31. The van der Waals surface area contributed by atoms with Gasteiger partial charge in [-0.05, 0) is 30.9 Å². The molecule has 0 atom stereocenters. The predicted octanol–water partition coefficient (Wildman–Crippen LogP) is 2.14. The summed E-state index contributed by atoms with van der Waals surface area (Å²) in [6, 6.07) is 7.60. The molecule has 1 aromatic carbocycles. The quantitative estimate of drug-likeness (QED) is 0.849. The van der Waals surface area contributed by atoms with Crippen LogP contribution in [0.2, 0.25) is 0 Å². The molecule has 18 heavy (non-hydrogen) atoms. The van der Waals surface area contributed by atoms with E-state index in [2.05, 4.69) is 0 Å². The molecule has 1 amide bonds. The Hall–Kier alpha value is -1.42. The second kappa shape index (κ2) is 5.96. The number of carbonyl (C=O) groups is 1. The first-order valence-corrected chi connectivity index (χ1v) is 6.75. The Bertz CT molecular complexity index is 453. The van der Waals surface area contributed by atoms with Gasteiger partial charge in [-0.15, -0.1) is 0 Å². The molecule has 0 radical (unpaired) electrons. The molecule has 96 valence electrons. The Morgan fingerprint density at radius 3 is 2.56 bits per heavy atom. The molecular weight excluding hydrogens is 244 g/mol. The van der Waals surface area contributed by atoms with Crippen LogP contribution < -0.4 is 5.73 Å². The average Bonchev–Trinajstić information content (AvgIpc) is 2.39. The molecule has 0 bridgehead atoms. The molecule has 0 saturated carbocycles. The third kappa shape index (κ3) is 3.07. The Balaban J connectivity index is 2.20. The standard InChI is InChI=1S/C14H18N2OS/c15-13(18)10-11-6-2-3-7-12(11)14(17)16-8-4-1-5-9-16/h2-3,6-7H,1,4-5,8-10H2,(H2,15,18).